The normalized spacial score (nSPS) is 16.0. The lowest BCUT2D eigenvalue weighted by Crippen LogP contribution is -2.47. The highest BCUT2D eigenvalue weighted by molar-refractivity contribution is 7.89. The molecule has 1 aliphatic heterocycles. The summed E-state index contributed by atoms with van der Waals surface area (Å²) in [5.74, 6) is -0.282. The third-order valence-corrected chi connectivity index (χ3v) is 7.52. The summed E-state index contributed by atoms with van der Waals surface area (Å²) in [6.45, 7) is 3.66. The molecule has 0 aliphatic carbocycles. The summed E-state index contributed by atoms with van der Waals surface area (Å²) in [5.41, 5.74) is 1.84. The molecule has 0 aromatic heterocycles. The zero-order valence-electron chi connectivity index (χ0n) is 17.3. The number of carbonyl (C=O) groups excluding carboxylic acids is 1. The Hall–Kier alpha value is -1.93. The van der Waals surface area contributed by atoms with Crippen LogP contribution in [0.3, 0.4) is 0 Å². The van der Waals surface area contributed by atoms with Crippen molar-refractivity contribution >= 4 is 27.5 Å². The van der Waals surface area contributed by atoms with Crippen LogP contribution in [0.25, 0.3) is 0 Å². The molecule has 0 atom stereocenters. The molecule has 0 spiro atoms. The number of carbonyl (C=O) groups is 1. The summed E-state index contributed by atoms with van der Waals surface area (Å²) in [4.78, 5) is 15.1. The Labute approximate surface area is 183 Å². The third-order valence-electron chi connectivity index (χ3n) is 5.46. The summed E-state index contributed by atoms with van der Waals surface area (Å²) < 4.78 is 27.9. The molecule has 1 N–H and O–H groups in total. The standard InChI is InChI=1S/C22H28ClN3O3S/c1-17-5-3-4-6-18(17)15-26(30(28,29)21-9-7-19(23)8-10-21)16-22(27)24-20-11-13-25(2)14-12-20/h3-10,20H,11-16H2,1-2H3,(H,24,27). The van der Waals surface area contributed by atoms with Gasteiger partial charge in [-0.25, -0.2) is 8.42 Å². The maximum absolute atomic E-state index is 13.3. The summed E-state index contributed by atoms with van der Waals surface area (Å²) >= 11 is 5.92. The number of piperidine rings is 1. The van der Waals surface area contributed by atoms with Gasteiger partial charge in [-0.05, 0) is 75.3 Å². The first-order valence-corrected chi connectivity index (χ1v) is 11.9. The summed E-state index contributed by atoms with van der Waals surface area (Å²) in [7, 11) is -1.82. The zero-order chi connectivity index (χ0) is 21.7. The minimum atomic E-state index is -3.87. The SMILES string of the molecule is Cc1ccccc1CN(CC(=O)NC1CCN(C)CC1)S(=O)(=O)c1ccc(Cl)cc1. The predicted molar refractivity (Wildman–Crippen MR) is 119 cm³/mol. The van der Waals surface area contributed by atoms with Gasteiger partial charge >= 0.3 is 0 Å². The Morgan fingerprint density at radius 2 is 1.77 bits per heavy atom. The van der Waals surface area contributed by atoms with Gasteiger partial charge in [-0.15, -0.1) is 0 Å². The number of amides is 1. The molecular weight excluding hydrogens is 422 g/mol. The molecular formula is C22H28ClN3O3S. The molecule has 1 amide bonds. The van der Waals surface area contributed by atoms with Crippen LogP contribution < -0.4 is 5.32 Å². The largest absolute Gasteiger partial charge is 0.352 e. The molecule has 2 aromatic carbocycles. The average molecular weight is 450 g/mol. The van der Waals surface area contributed by atoms with Crippen LogP contribution in [0, 0.1) is 6.92 Å². The van der Waals surface area contributed by atoms with Crippen LogP contribution >= 0.6 is 11.6 Å². The third kappa shape index (κ3) is 5.82. The van der Waals surface area contributed by atoms with Crippen molar-refractivity contribution in [1.29, 1.82) is 0 Å². The molecule has 0 unspecified atom stereocenters. The van der Waals surface area contributed by atoms with Crippen molar-refractivity contribution in [2.45, 2.75) is 37.2 Å². The minimum Gasteiger partial charge on any atom is -0.352 e. The number of rotatable bonds is 7. The lowest BCUT2D eigenvalue weighted by Gasteiger charge is -2.30. The van der Waals surface area contributed by atoms with Crippen LogP contribution in [-0.4, -0.2) is 56.3 Å². The van der Waals surface area contributed by atoms with Gasteiger partial charge in [-0.3, -0.25) is 4.79 Å². The maximum Gasteiger partial charge on any atom is 0.243 e. The quantitative estimate of drug-likeness (QED) is 0.705. The highest BCUT2D eigenvalue weighted by Crippen LogP contribution is 2.21. The van der Waals surface area contributed by atoms with Crippen molar-refractivity contribution in [3.05, 3.63) is 64.7 Å². The maximum atomic E-state index is 13.3. The van der Waals surface area contributed by atoms with Crippen molar-refractivity contribution in [2.24, 2.45) is 0 Å². The molecule has 0 radical (unpaired) electrons. The van der Waals surface area contributed by atoms with E-state index in [0.717, 1.165) is 37.1 Å². The van der Waals surface area contributed by atoms with Gasteiger partial charge in [0.05, 0.1) is 11.4 Å². The summed E-state index contributed by atoms with van der Waals surface area (Å²) in [6, 6.07) is 13.7. The Kier molecular flexibility index (Phi) is 7.52. The second kappa shape index (κ2) is 9.92. The van der Waals surface area contributed by atoms with Crippen LogP contribution in [0.2, 0.25) is 5.02 Å². The van der Waals surface area contributed by atoms with Gasteiger partial charge in [-0.2, -0.15) is 4.31 Å². The molecule has 1 heterocycles. The fourth-order valence-corrected chi connectivity index (χ4v) is 5.05. The smallest absolute Gasteiger partial charge is 0.243 e. The molecule has 162 valence electrons. The number of halogens is 1. The molecule has 3 rings (SSSR count). The Bertz CT molecular complexity index is 971. The van der Waals surface area contributed by atoms with E-state index in [1.807, 2.05) is 31.2 Å². The van der Waals surface area contributed by atoms with E-state index in [4.69, 9.17) is 11.6 Å². The highest BCUT2D eigenvalue weighted by atomic mass is 35.5. The van der Waals surface area contributed by atoms with Crippen LogP contribution in [-0.2, 0) is 21.4 Å². The van der Waals surface area contributed by atoms with E-state index in [0.29, 0.717) is 5.02 Å². The number of benzene rings is 2. The van der Waals surface area contributed by atoms with Crippen LogP contribution in [0.1, 0.15) is 24.0 Å². The van der Waals surface area contributed by atoms with Crippen molar-refractivity contribution in [3.63, 3.8) is 0 Å². The average Bonchev–Trinajstić information content (AvgIpc) is 2.71. The Morgan fingerprint density at radius 1 is 1.13 bits per heavy atom. The molecule has 1 saturated heterocycles. The van der Waals surface area contributed by atoms with E-state index in [1.54, 1.807) is 12.1 Å². The van der Waals surface area contributed by atoms with Gasteiger partial charge in [0.15, 0.2) is 0 Å². The van der Waals surface area contributed by atoms with Crippen LogP contribution in [0.5, 0.6) is 0 Å². The molecule has 1 aliphatic rings. The first-order chi connectivity index (χ1) is 14.3. The fourth-order valence-electron chi connectivity index (χ4n) is 3.55. The fraction of sp³-hybridized carbons (Fsp3) is 0.409. The number of hydrogen-bond acceptors (Lipinski definition) is 4. The van der Waals surface area contributed by atoms with Gasteiger partial charge < -0.3 is 10.2 Å². The van der Waals surface area contributed by atoms with Crippen LogP contribution in [0.4, 0.5) is 0 Å². The van der Waals surface area contributed by atoms with Crippen LogP contribution in [0.15, 0.2) is 53.4 Å². The van der Waals surface area contributed by atoms with E-state index >= 15 is 0 Å². The number of likely N-dealkylation sites (tertiary alicyclic amines) is 1. The highest BCUT2D eigenvalue weighted by Gasteiger charge is 2.28. The van der Waals surface area contributed by atoms with E-state index < -0.39 is 10.0 Å². The van der Waals surface area contributed by atoms with Crippen molar-refractivity contribution in [1.82, 2.24) is 14.5 Å². The molecule has 2 aromatic rings. The van der Waals surface area contributed by atoms with Gasteiger partial charge in [0.1, 0.15) is 0 Å². The predicted octanol–water partition coefficient (Wildman–Crippen LogP) is 3.05. The van der Waals surface area contributed by atoms with Gasteiger partial charge in [0.25, 0.3) is 0 Å². The second-order valence-electron chi connectivity index (χ2n) is 7.80. The number of nitrogens with one attached hydrogen (secondary N) is 1. The lowest BCUT2D eigenvalue weighted by molar-refractivity contribution is -0.122. The molecule has 8 heteroatoms. The van der Waals surface area contributed by atoms with E-state index in [1.165, 1.54) is 16.4 Å². The molecule has 1 fully saturated rings. The van der Waals surface area contributed by atoms with Crippen molar-refractivity contribution in [3.8, 4) is 0 Å². The summed E-state index contributed by atoms with van der Waals surface area (Å²) in [5, 5.41) is 3.47. The van der Waals surface area contributed by atoms with E-state index in [2.05, 4.69) is 17.3 Å². The number of aryl methyl sites for hydroxylation is 1. The topological polar surface area (TPSA) is 69.7 Å². The van der Waals surface area contributed by atoms with Gasteiger partial charge in [0, 0.05) is 17.6 Å². The van der Waals surface area contributed by atoms with Crippen molar-refractivity contribution in [2.75, 3.05) is 26.7 Å². The second-order valence-corrected chi connectivity index (χ2v) is 10.2. The molecule has 6 nitrogen and oxygen atoms in total. The Balaban J connectivity index is 1.81. The minimum absolute atomic E-state index is 0.0762. The first-order valence-electron chi connectivity index (χ1n) is 10.0. The molecule has 0 bridgehead atoms. The lowest BCUT2D eigenvalue weighted by atomic mass is 10.1. The number of nitrogens with zero attached hydrogens (tertiary/aromatic N) is 2. The van der Waals surface area contributed by atoms with E-state index in [-0.39, 0.29) is 29.9 Å². The summed E-state index contributed by atoms with van der Waals surface area (Å²) in [6.07, 6.45) is 1.73. The van der Waals surface area contributed by atoms with Gasteiger partial charge in [0.2, 0.25) is 15.9 Å². The zero-order valence-corrected chi connectivity index (χ0v) is 18.9. The molecule has 30 heavy (non-hydrogen) atoms. The Morgan fingerprint density at radius 3 is 2.40 bits per heavy atom. The number of sulfonamides is 1. The first kappa shape index (κ1) is 22.7. The van der Waals surface area contributed by atoms with E-state index in [9.17, 15) is 13.2 Å². The van der Waals surface area contributed by atoms with Crippen molar-refractivity contribution < 1.29 is 13.2 Å². The molecule has 0 saturated carbocycles. The van der Waals surface area contributed by atoms with Gasteiger partial charge in [-0.1, -0.05) is 35.9 Å². The number of hydrogen-bond donors (Lipinski definition) is 1. The monoisotopic (exact) mass is 449 g/mol.